The Kier molecular flexibility index (Phi) is 6.81. The van der Waals surface area contributed by atoms with Gasteiger partial charge < -0.3 is 10.2 Å². The first-order valence-electron chi connectivity index (χ1n) is 13.3. The van der Waals surface area contributed by atoms with Gasteiger partial charge in [0.2, 0.25) is 5.91 Å². The van der Waals surface area contributed by atoms with Gasteiger partial charge in [0, 0.05) is 36.8 Å². The minimum atomic E-state index is 0.0972. The number of likely N-dealkylation sites (tertiary alicyclic amines) is 1. The Labute approximate surface area is 208 Å². The number of carbonyl (C=O) groups excluding carboxylic acids is 2. The lowest BCUT2D eigenvalue weighted by Crippen LogP contribution is -2.40. The fourth-order valence-electron chi connectivity index (χ4n) is 5.97. The summed E-state index contributed by atoms with van der Waals surface area (Å²) >= 11 is 0. The SMILES string of the molecule is Cc1cc(C)n(Cc2ccc(C(=O)N3CCC4(CC3)CC4C(=O)NCCC3=CCCCC3)cc2)n1. The van der Waals surface area contributed by atoms with Crippen molar-refractivity contribution in [2.45, 2.75) is 71.8 Å². The van der Waals surface area contributed by atoms with Crippen LogP contribution >= 0.6 is 0 Å². The molecule has 6 heteroatoms. The molecule has 1 aromatic carbocycles. The predicted molar refractivity (Wildman–Crippen MR) is 137 cm³/mol. The topological polar surface area (TPSA) is 67.2 Å². The van der Waals surface area contributed by atoms with Crippen LogP contribution in [0.1, 0.15) is 78.7 Å². The van der Waals surface area contributed by atoms with Crippen LogP contribution < -0.4 is 5.32 Å². The van der Waals surface area contributed by atoms with Crippen LogP contribution in [0.25, 0.3) is 0 Å². The van der Waals surface area contributed by atoms with Crippen molar-refractivity contribution in [2.75, 3.05) is 19.6 Å². The van der Waals surface area contributed by atoms with Crippen LogP contribution in [-0.4, -0.2) is 46.1 Å². The second kappa shape index (κ2) is 10.00. The average molecular weight is 475 g/mol. The van der Waals surface area contributed by atoms with Crippen molar-refractivity contribution in [3.05, 3.63) is 64.5 Å². The first kappa shape index (κ1) is 23.8. The maximum atomic E-state index is 13.1. The molecular formula is C29H38N4O2. The highest BCUT2D eigenvalue weighted by Gasteiger charge is 2.58. The molecule has 2 aromatic rings. The van der Waals surface area contributed by atoms with E-state index in [4.69, 9.17) is 0 Å². The number of nitrogens with one attached hydrogen (secondary N) is 1. The first-order chi connectivity index (χ1) is 16.9. The number of piperidine rings is 1. The summed E-state index contributed by atoms with van der Waals surface area (Å²) in [7, 11) is 0. The van der Waals surface area contributed by atoms with Crippen LogP contribution in [0.15, 0.2) is 42.0 Å². The summed E-state index contributed by atoms with van der Waals surface area (Å²) in [4.78, 5) is 27.8. The summed E-state index contributed by atoms with van der Waals surface area (Å²) in [5.41, 5.74) is 5.66. The predicted octanol–water partition coefficient (Wildman–Crippen LogP) is 4.80. The van der Waals surface area contributed by atoms with Crippen LogP contribution in [-0.2, 0) is 11.3 Å². The van der Waals surface area contributed by atoms with E-state index in [9.17, 15) is 9.59 Å². The Morgan fingerprint density at radius 2 is 1.89 bits per heavy atom. The number of rotatable bonds is 7. The van der Waals surface area contributed by atoms with E-state index in [0.717, 1.165) is 67.8 Å². The number of aryl methyl sites for hydroxylation is 2. The zero-order valence-electron chi connectivity index (χ0n) is 21.2. The van der Waals surface area contributed by atoms with E-state index in [1.807, 2.05) is 40.8 Å². The first-order valence-corrected chi connectivity index (χ1v) is 13.3. The molecule has 1 unspecified atom stereocenters. The monoisotopic (exact) mass is 474 g/mol. The van der Waals surface area contributed by atoms with Crippen molar-refractivity contribution in [1.82, 2.24) is 20.0 Å². The molecule has 1 atom stereocenters. The standard InChI is InChI=1S/C29H38N4O2/c1-21-18-22(2)33(31-21)20-24-8-10-25(11-9-24)28(35)32-16-13-29(14-17-32)19-26(29)27(34)30-15-12-23-6-4-3-5-7-23/h6,8-11,18,26H,3-5,7,12-17,19-20H2,1-2H3,(H,30,34). The van der Waals surface area contributed by atoms with Gasteiger partial charge in [-0.1, -0.05) is 23.8 Å². The molecule has 2 aliphatic carbocycles. The summed E-state index contributed by atoms with van der Waals surface area (Å²) in [5, 5.41) is 7.71. The Hall–Kier alpha value is -2.89. The molecule has 3 aliphatic rings. The van der Waals surface area contributed by atoms with Crippen molar-refractivity contribution < 1.29 is 9.59 Å². The number of aromatic nitrogens is 2. The van der Waals surface area contributed by atoms with Gasteiger partial charge in [-0.15, -0.1) is 0 Å². The molecule has 1 aromatic heterocycles. The molecule has 2 heterocycles. The minimum Gasteiger partial charge on any atom is -0.356 e. The molecule has 35 heavy (non-hydrogen) atoms. The average Bonchev–Trinajstić information content (AvgIpc) is 3.47. The van der Waals surface area contributed by atoms with Gasteiger partial charge in [-0.05, 0) is 94.4 Å². The molecule has 1 saturated carbocycles. The highest BCUT2D eigenvalue weighted by molar-refractivity contribution is 5.94. The summed E-state index contributed by atoms with van der Waals surface area (Å²) in [6.45, 7) is 7.01. The maximum Gasteiger partial charge on any atom is 0.253 e. The molecule has 0 bridgehead atoms. The van der Waals surface area contributed by atoms with Gasteiger partial charge in [0.1, 0.15) is 0 Å². The molecule has 186 valence electrons. The van der Waals surface area contributed by atoms with Gasteiger partial charge in [0.25, 0.3) is 5.91 Å². The summed E-state index contributed by atoms with van der Waals surface area (Å²) in [6, 6.07) is 10.00. The van der Waals surface area contributed by atoms with Gasteiger partial charge in [0.15, 0.2) is 0 Å². The van der Waals surface area contributed by atoms with E-state index in [1.54, 1.807) is 0 Å². The lowest BCUT2D eigenvalue weighted by molar-refractivity contribution is -0.123. The summed E-state index contributed by atoms with van der Waals surface area (Å²) in [5.74, 6) is 0.452. The second-order valence-corrected chi connectivity index (χ2v) is 10.8. The quantitative estimate of drug-likeness (QED) is 0.587. The van der Waals surface area contributed by atoms with Crippen LogP contribution in [0.2, 0.25) is 0 Å². The van der Waals surface area contributed by atoms with Crippen molar-refractivity contribution in [3.8, 4) is 0 Å². The maximum absolute atomic E-state index is 13.1. The van der Waals surface area contributed by atoms with Crippen molar-refractivity contribution >= 4 is 11.8 Å². The molecular weight excluding hydrogens is 436 g/mol. The number of carbonyl (C=O) groups is 2. The highest BCUT2D eigenvalue weighted by Crippen LogP contribution is 2.59. The molecule has 1 N–H and O–H groups in total. The molecule has 6 nitrogen and oxygen atoms in total. The van der Waals surface area contributed by atoms with Gasteiger partial charge in [-0.2, -0.15) is 5.10 Å². The third kappa shape index (κ3) is 5.36. The third-order valence-electron chi connectivity index (χ3n) is 8.32. The van der Waals surface area contributed by atoms with Gasteiger partial charge in [-0.3, -0.25) is 14.3 Å². The van der Waals surface area contributed by atoms with E-state index in [1.165, 1.54) is 31.3 Å². The highest BCUT2D eigenvalue weighted by atomic mass is 16.2. The zero-order chi connectivity index (χ0) is 24.4. The summed E-state index contributed by atoms with van der Waals surface area (Å²) < 4.78 is 1.99. The fraction of sp³-hybridized carbons (Fsp3) is 0.552. The number of amides is 2. The van der Waals surface area contributed by atoms with E-state index >= 15 is 0 Å². The van der Waals surface area contributed by atoms with Gasteiger partial charge >= 0.3 is 0 Å². The molecule has 1 aliphatic heterocycles. The minimum absolute atomic E-state index is 0.0972. The van der Waals surface area contributed by atoms with E-state index in [0.29, 0.717) is 6.54 Å². The molecule has 1 spiro atoms. The second-order valence-electron chi connectivity index (χ2n) is 10.8. The molecule has 5 rings (SSSR count). The van der Waals surface area contributed by atoms with Crippen molar-refractivity contribution in [3.63, 3.8) is 0 Å². The lowest BCUT2D eigenvalue weighted by Gasteiger charge is -2.33. The normalized spacial score (nSPS) is 21.0. The Bertz CT molecular complexity index is 1110. The number of nitrogens with zero attached hydrogens (tertiary/aromatic N) is 3. The summed E-state index contributed by atoms with van der Waals surface area (Å²) in [6.07, 6.45) is 11.2. The zero-order valence-corrected chi connectivity index (χ0v) is 21.2. The fourth-order valence-corrected chi connectivity index (χ4v) is 5.97. The largest absolute Gasteiger partial charge is 0.356 e. The lowest BCUT2D eigenvalue weighted by atomic mass is 9.90. The number of hydrogen-bond acceptors (Lipinski definition) is 3. The van der Waals surface area contributed by atoms with E-state index in [2.05, 4.69) is 29.5 Å². The van der Waals surface area contributed by atoms with Crippen molar-refractivity contribution in [2.24, 2.45) is 11.3 Å². The molecule has 1 saturated heterocycles. The molecule has 2 amide bonds. The van der Waals surface area contributed by atoms with Gasteiger partial charge in [0.05, 0.1) is 12.2 Å². The van der Waals surface area contributed by atoms with E-state index < -0.39 is 0 Å². The van der Waals surface area contributed by atoms with Crippen LogP contribution in [0.4, 0.5) is 0 Å². The number of allylic oxidation sites excluding steroid dienone is 1. The molecule has 0 radical (unpaired) electrons. The Morgan fingerprint density at radius 3 is 2.54 bits per heavy atom. The van der Waals surface area contributed by atoms with Gasteiger partial charge in [-0.25, -0.2) is 0 Å². The van der Waals surface area contributed by atoms with Crippen LogP contribution in [0, 0.1) is 25.2 Å². The Balaban J connectivity index is 1.08. The number of benzene rings is 1. The van der Waals surface area contributed by atoms with Crippen LogP contribution in [0.3, 0.4) is 0 Å². The van der Waals surface area contributed by atoms with Crippen molar-refractivity contribution in [1.29, 1.82) is 0 Å². The third-order valence-corrected chi connectivity index (χ3v) is 8.32. The van der Waals surface area contributed by atoms with E-state index in [-0.39, 0.29) is 23.1 Å². The van der Waals surface area contributed by atoms with Crippen LogP contribution in [0.5, 0.6) is 0 Å². The number of hydrogen-bond donors (Lipinski definition) is 1. The smallest absolute Gasteiger partial charge is 0.253 e. The Morgan fingerprint density at radius 1 is 1.11 bits per heavy atom. The molecule has 2 fully saturated rings.